The van der Waals surface area contributed by atoms with E-state index in [-0.39, 0.29) is 12.7 Å². The van der Waals surface area contributed by atoms with E-state index in [2.05, 4.69) is 0 Å². The highest BCUT2D eigenvalue weighted by atomic mass is 16.7. The van der Waals surface area contributed by atoms with Crippen LogP contribution in [0.1, 0.15) is 52.8 Å². The first-order valence-corrected chi connectivity index (χ1v) is 11.1. The molecule has 2 aromatic rings. The summed E-state index contributed by atoms with van der Waals surface area (Å²) in [6.07, 6.45) is 1.07. The molecule has 1 heterocycles. The van der Waals surface area contributed by atoms with Crippen LogP contribution >= 0.6 is 0 Å². The van der Waals surface area contributed by atoms with Crippen LogP contribution in [0.2, 0.25) is 0 Å². The maximum absolute atomic E-state index is 12.6. The number of aliphatic hydroxyl groups is 1. The largest absolute Gasteiger partial charge is 0.459 e. The summed E-state index contributed by atoms with van der Waals surface area (Å²) in [6, 6.07) is 17.1. The molecule has 1 unspecified atom stereocenters. The van der Waals surface area contributed by atoms with Crippen molar-refractivity contribution in [2.75, 3.05) is 6.61 Å². The predicted octanol–water partition coefficient (Wildman–Crippen LogP) is 3.50. The smallest absolute Gasteiger partial charge is 0.338 e. The molecular weight excluding hydrogens is 412 g/mol. The normalized spacial score (nSPS) is 25.9. The zero-order chi connectivity index (χ0) is 22.3. The van der Waals surface area contributed by atoms with E-state index in [1.54, 1.807) is 60.7 Å². The highest BCUT2D eigenvalue weighted by Gasteiger charge is 2.48. The fraction of sp³-hybridized carbons (Fsp3) is 0.440. The summed E-state index contributed by atoms with van der Waals surface area (Å²) in [6.45, 7) is -0.179. The molecule has 1 saturated heterocycles. The lowest BCUT2D eigenvalue weighted by atomic mass is 9.98. The van der Waals surface area contributed by atoms with Crippen LogP contribution in [0.3, 0.4) is 0 Å². The predicted molar refractivity (Wildman–Crippen MR) is 115 cm³/mol. The number of aliphatic hydroxyl groups excluding tert-OH is 1. The molecule has 2 aromatic carbocycles. The molecule has 1 saturated carbocycles. The van der Waals surface area contributed by atoms with Crippen molar-refractivity contribution in [1.29, 1.82) is 0 Å². The van der Waals surface area contributed by atoms with Gasteiger partial charge in [-0.05, 0) is 37.1 Å². The number of esters is 2. The van der Waals surface area contributed by atoms with Crippen molar-refractivity contribution in [3.63, 3.8) is 0 Å². The lowest BCUT2D eigenvalue weighted by Gasteiger charge is -2.26. The zero-order valence-electron chi connectivity index (χ0n) is 17.8. The highest BCUT2D eigenvalue weighted by molar-refractivity contribution is 5.90. The number of carbonyl (C=O) groups is 2. The molecule has 0 aromatic heterocycles. The van der Waals surface area contributed by atoms with Gasteiger partial charge in [-0.2, -0.15) is 0 Å². The van der Waals surface area contributed by atoms with Crippen LogP contribution in [0.15, 0.2) is 60.7 Å². The average molecular weight is 440 g/mol. The van der Waals surface area contributed by atoms with Gasteiger partial charge >= 0.3 is 11.9 Å². The summed E-state index contributed by atoms with van der Waals surface area (Å²) in [7, 11) is 0. The van der Waals surface area contributed by atoms with E-state index in [0.29, 0.717) is 11.1 Å². The Morgan fingerprint density at radius 1 is 0.875 bits per heavy atom. The van der Waals surface area contributed by atoms with Gasteiger partial charge in [0.15, 0.2) is 12.4 Å². The van der Waals surface area contributed by atoms with Gasteiger partial charge in [0.05, 0.1) is 17.2 Å². The quantitative estimate of drug-likeness (QED) is 0.659. The van der Waals surface area contributed by atoms with E-state index in [1.807, 2.05) is 0 Å². The molecule has 0 amide bonds. The van der Waals surface area contributed by atoms with Crippen molar-refractivity contribution in [3.05, 3.63) is 71.8 Å². The van der Waals surface area contributed by atoms with Gasteiger partial charge in [0, 0.05) is 0 Å². The van der Waals surface area contributed by atoms with Gasteiger partial charge in [-0.1, -0.05) is 55.7 Å². The Morgan fingerprint density at radius 2 is 1.47 bits per heavy atom. The molecule has 7 heteroatoms. The average Bonchev–Trinajstić information content (AvgIpc) is 3.13. The van der Waals surface area contributed by atoms with Gasteiger partial charge in [-0.25, -0.2) is 9.59 Å². The lowest BCUT2D eigenvalue weighted by Crippen LogP contribution is -2.40. The Kier molecular flexibility index (Phi) is 7.52. The van der Waals surface area contributed by atoms with Crippen LogP contribution in [0, 0.1) is 0 Å². The molecular formula is C25H28O7. The summed E-state index contributed by atoms with van der Waals surface area (Å²) in [4.78, 5) is 25.0. The molecule has 2 aliphatic rings. The van der Waals surface area contributed by atoms with Crippen LogP contribution in [-0.4, -0.2) is 54.4 Å². The lowest BCUT2D eigenvalue weighted by molar-refractivity contribution is -0.198. The molecule has 32 heavy (non-hydrogen) atoms. The topological polar surface area (TPSA) is 91.3 Å². The van der Waals surface area contributed by atoms with E-state index >= 15 is 0 Å². The van der Waals surface area contributed by atoms with Gasteiger partial charge in [0.1, 0.15) is 18.8 Å². The second kappa shape index (κ2) is 10.7. The van der Waals surface area contributed by atoms with Crippen LogP contribution in [-0.2, 0) is 18.9 Å². The number of ether oxygens (including phenoxy) is 4. The number of hydrogen-bond donors (Lipinski definition) is 1. The molecule has 170 valence electrons. The number of rotatable bonds is 7. The van der Waals surface area contributed by atoms with E-state index in [9.17, 15) is 14.7 Å². The summed E-state index contributed by atoms with van der Waals surface area (Å²) >= 11 is 0. The van der Waals surface area contributed by atoms with Crippen molar-refractivity contribution < 1.29 is 33.6 Å². The van der Waals surface area contributed by atoms with E-state index in [4.69, 9.17) is 18.9 Å². The number of carbonyl (C=O) groups excluding carboxylic acids is 2. The molecule has 1 aliphatic carbocycles. The van der Waals surface area contributed by atoms with Gasteiger partial charge < -0.3 is 24.1 Å². The van der Waals surface area contributed by atoms with Crippen molar-refractivity contribution in [2.45, 2.75) is 62.8 Å². The molecule has 4 rings (SSSR count). The Bertz CT molecular complexity index is 880. The number of benzene rings is 2. The fourth-order valence-electron chi connectivity index (χ4n) is 4.07. The molecule has 1 N–H and O–H groups in total. The van der Waals surface area contributed by atoms with E-state index < -0.39 is 36.5 Å². The Labute approximate surface area is 187 Å². The van der Waals surface area contributed by atoms with Crippen LogP contribution < -0.4 is 0 Å². The molecule has 0 spiro atoms. The Balaban J connectivity index is 1.44. The first-order valence-electron chi connectivity index (χ1n) is 11.1. The Morgan fingerprint density at radius 3 is 2.09 bits per heavy atom. The van der Waals surface area contributed by atoms with E-state index in [0.717, 1.165) is 25.7 Å². The van der Waals surface area contributed by atoms with Gasteiger partial charge in [-0.3, -0.25) is 0 Å². The van der Waals surface area contributed by atoms with Crippen molar-refractivity contribution in [3.8, 4) is 0 Å². The SMILES string of the molecule is O=C(OC[C@H]1OC(OC2CCCCC2)[C@@H](O)[C@@H]1OC(=O)c1ccccc1)c1ccccc1. The van der Waals surface area contributed by atoms with E-state index in [1.165, 1.54) is 6.42 Å². The highest BCUT2D eigenvalue weighted by Crippen LogP contribution is 2.30. The third-order valence-electron chi connectivity index (χ3n) is 5.81. The Hall–Kier alpha value is -2.74. The summed E-state index contributed by atoms with van der Waals surface area (Å²) < 4.78 is 22.9. The molecule has 0 radical (unpaired) electrons. The van der Waals surface area contributed by atoms with Crippen molar-refractivity contribution >= 4 is 11.9 Å². The minimum absolute atomic E-state index is 0.0144. The van der Waals surface area contributed by atoms with Crippen molar-refractivity contribution in [2.24, 2.45) is 0 Å². The maximum Gasteiger partial charge on any atom is 0.338 e. The summed E-state index contributed by atoms with van der Waals surface area (Å²) in [5.74, 6) is -1.11. The van der Waals surface area contributed by atoms with Gasteiger partial charge in [-0.15, -0.1) is 0 Å². The maximum atomic E-state index is 12.6. The molecule has 4 atom stereocenters. The molecule has 0 bridgehead atoms. The standard InChI is InChI=1S/C25H28O7/c26-21-22(32-24(28)18-12-6-2-7-13-18)20(16-29-23(27)17-10-4-1-5-11-17)31-25(21)30-19-14-8-3-9-15-19/h1-2,4-7,10-13,19-22,25-26H,3,8-9,14-16H2/t20-,21+,22-,25?/m1/s1. The third-order valence-corrected chi connectivity index (χ3v) is 5.81. The summed E-state index contributed by atoms with van der Waals surface area (Å²) in [5.41, 5.74) is 0.760. The number of hydrogen-bond acceptors (Lipinski definition) is 7. The first-order chi connectivity index (χ1) is 15.6. The van der Waals surface area contributed by atoms with Crippen LogP contribution in [0.5, 0.6) is 0 Å². The molecule has 7 nitrogen and oxygen atoms in total. The minimum atomic E-state index is -1.19. The first kappa shape index (κ1) is 22.5. The summed E-state index contributed by atoms with van der Waals surface area (Å²) in [5, 5.41) is 10.9. The van der Waals surface area contributed by atoms with Gasteiger partial charge in [0.2, 0.25) is 0 Å². The molecule has 1 aliphatic heterocycles. The third kappa shape index (κ3) is 5.54. The fourth-order valence-corrected chi connectivity index (χ4v) is 4.07. The minimum Gasteiger partial charge on any atom is -0.459 e. The van der Waals surface area contributed by atoms with Crippen LogP contribution in [0.25, 0.3) is 0 Å². The molecule has 2 fully saturated rings. The van der Waals surface area contributed by atoms with Crippen LogP contribution in [0.4, 0.5) is 0 Å². The second-order valence-corrected chi connectivity index (χ2v) is 8.13. The second-order valence-electron chi connectivity index (χ2n) is 8.13. The van der Waals surface area contributed by atoms with Gasteiger partial charge in [0.25, 0.3) is 0 Å². The monoisotopic (exact) mass is 440 g/mol. The zero-order valence-corrected chi connectivity index (χ0v) is 17.8. The van der Waals surface area contributed by atoms with Crippen molar-refractivity contribution in [1.82, 2.24) is 0 Å².